The molecule has 0 radical (unpaired) electrons. The monoisotopic (exact) mass is 977 g/mol. The van der Waals surface area contributed by atoms with E-state index in [-0.39, 0.29) is 31.1 Å². The zero-order valence-electron chi connectivity index (χ0n) is 46.3. The van der Waals surface area contributed by atoms with Crippen molar-refractivity contribution in [3.63, 3.8) is 0 Å². The third kappa shape index (κ3) is 55.8. The fourth-order valence-corrected chi connectivity index (χ4v) is 8.47. The van der Waals surface area contributed by atoms with Crippen molar-refractivity contribution >= 4 is 17.9 Å². The Labute approximate surface area is 433 Å². The molecule has 0 aliphatic rings. The Morgan fingerprint density at radius 1 is 0.300 bits per heavy atom. The van der Waals surface area contributed by atoms with E-state index in [1.165, 1.54) is 148 Å². The average molecular weight is 978 g/mol. The molecule has 1 atom stereocenters. The van der Waals surface area contributed by atoms with Crippen molar-refractivity contribution in [2.24, 2.45) is 0 Å². The molecule has 0 amide bonds. The third-order valence-corrected chi connectivity index (χ3v) is 12.9. The van der Waals surface area contributed by atoms with Crippen LogP contribution in [0.25, 0.3) is 0 Å². The van der Waals surface area contributed by atoms with Crippen LogP contribution >= 0.6 is 0 Å². The van der Waals surface area contributed by atoms with Gasteiger partial charge in [-0.25, -0.2) is 0 Å². The number of esters is 3. The van der Waals surface area contributed by atoms with E-state index in [9.17, 15) is 14.4 Å². The van der Waals surface area contributed by atoms with Crippen LogP contribution in [0.4, 0.5) is 0 Å². The summed E-state index contributed by atoms with van der Waals surface area (Å²) < 4.78 is 16.7. The lowest BCUT2D eigenvalue weighted by Gasteiger charge is -2.18. The molecule has 0 fully saturated rings. The van der Waals surface area contributed by atoms with E-state index in [0.29, 0.717) is 19.3 Å². The number of hydrogen-bond acceptors (Lipinski definition) is 6. The van der Waals surface area contributed by atoms with Gasteiger partial charge in [0.2, 0.25) is 0 Å². The summed E-state index contributed by atoms with van der Waals surface area (Å²) in [6.07, 6.45) is 75.3. The maximum atomic E-state index is 12.7. The molecule has 404 valence electrons. The fourth-order valence-electron chi connectivity index (χ4n) is 8.47. The molecule has 6 heteroatoms. The zero-order chi connectivity index (χ0) is 50.7. The lowest BCUT2D eigenvalue weighted by atomic mass is 10.0. The molecule has 0 saturated carbocycles. The Bertz CT molecular complexity index is 1310. The van der Waals surface area contributed by atoms with Crippen molar-refractivity contribution in [3.05, 3.63) is 72.9 Å². The minimum Gasteiger partial charge on any atom is -0.462 e. The Hall–Kier alpha value is -3.15. The lowest BCUT2D eigenvalue weighted by molar-refractivity contribution is -0.167. The fraction of sp³-hybridized carbons (Fsp3) is 0.766. The molecule has 0 rings (SSSR count). The number of allylic oxidation sites excluding steroid dienone is 12. The number of unbranched alkanes of at least 4 members (excludes halogenated alkanes) is 31. The van der Waals surface area contributed by atoms with Gasteiger partial charge in [-0.05, 0) is 83.5 Å². The standard InChI is InChI=1S/C64H112O6/c1-4-7-10-13-16-18-20-21-22-23-24-25-26-27-28-29-30-31-32-33-34-35-36-37-38-39-40-41-42-43-44-46-48-51-54-57-63(66)69-60-61(59-68-62(65)56-53-50-47-15-12-9-6-3)70-64(67)58-55-52-49-45-19-17-14-11-8-5-2/h7,10-11,14,16,18,21-22,24-25,27-28,61H,4-6,8-9,12-13,15,17,19-20,23,26,29-60H2,1-3H3/b10-7-,14-11-,18-16-,22-21-,25-24-,28-27-. The highest BCUT2D eigenvalue weighted by Crippen LogP contribution is 2.17. The van der Waals surface area contributed by atoms with Crippen molar-refractivity contribution in [3.8, 4) is 0 Å². The summed E-state index contributed by atoms with van der Waals surface area (Å²) in [5.41, 5.74) is 0. The lowest BCUT2D eigenvalue weighted by Crippen LogP contribution is -2.30. The van der Waals surface area contributed by atoms with Gasteiger partial charge in [0, 0.05) is 19.3 Å². The van der Waals surface area contributed by atoms with Gasteiger partial charge in [-0.3, -0.25) is 14.4 Å². The van der Waals surface area contributed by atoms with Gasteiger partial charge >= 0.3 is 17.9 Å². The van der Waals surface area contributed by atoms with Gasteiger partial charge in [0.1, 0.15) is 13.2 Å². The molecule has 0 N–H and O–H groups in total. The smallest absolute Gasteiger partial charge is 0.306 e. The topological polar surface area (TPSA) is 78.9 Å². The minimum absolute atomic E-state index is 0.0743. The van der Waals surface area contributed by atoms with Gasteiger partial charge in [0.15, 0.2) is 6.10 Å². The second-order valence-electron chi connectivity index (χ2n) is 19.9. The van der Waals surface area contributed by atoms with Gasteiger partial charge in [-0.15, -0.1) is 0 Å². The van der Waals surface area contributed by atoms with Crippen LogP contribution in [0.2, 0.25) is 0 Å². The maximum absolute atomic E-state index is 12.7. The van der Waals surface area contributed by atoms with E-state index in [1.54, 1.807) is 0 Å². The Morgan fingerprint density at radius 3 is 0.943 bits per heavy atom. The number of rotatable bonds is 54. The first-order valence-corrected chi connectivity index (χ1v) is 29.9. The molecule has 0 bridgehead atoms. The zero-order valence-corrected chi connectivity index (χ0v) is 46.3. The van der Waals surface area contributed by atoms with Gasteiger partial charge in [-0.1, -0.05) is 267 Å². The summed E-state index contributed by atoms with van der Waals surface area (Å²) in [5, 5.41) is 0. The highest BCUT2D eigenvalue weighted by atomic mass is 16.6. The first-order chi connectivity index (χ1) is 34.5. The largest absolute Gasteiger partial charge is 0.462 e. The second-order valence-corrected chi connectivity index (χ2v) is 19.9. The van der Waals surface area contributed by atoms with E-state index in [4.69, 9.17) is 14.2 Å². The molecule has 70 heavy (non-hydrogen) atoms. The van der Waals surface area contributed by atoms with Crippen LogP contribution in [-0.2, 0) is 28.6 Å². The molecule has 0 heterocycles. The van der Waals surface area contributed by atoms with Crippen LogP contribution in [0.5, 0.6) is 0 Å². The number of carbonyl (C=O) groups is 3. The normalized spacial score (nSPS) is 12.6. The van der Waals surface area contributed by atoms with Crippen molar-refractivity contribution in [1.82, 2.24) is 0 Å². The molecule has 0 aromatic carbocycles. The van der Waals surface area contributed by atoms with Gasteiger partial charge in [0.25, 0.3) is 0 Å². The Kier molecular flexibility index (Phi) is 55.8. The van der Waals surface area contributed by atoms with Crippen LogP contribution in [0.1, 0.15) is 297 Å². The number of carbonyl (C=O) groups excluding carboxylic acids is 3. The molecule has 0 aliphatic heterocycles. The summed E-state index contributed by atoms with van der Waals surface area (Å²) in [6, 6.07) is 0. The first kappa shape index (κ1) is 66.9. The summed E-state index contributed by atoms with van der Waals surface area (Å²) in [6.45, 7) is 6.43. The van der Waals surface area contributed by atoms with Crippen LogP contribution in [-0.4, -0.2) is 37.2 Å². The quantitative estimate of drug-likeness (QED) is 0.0261. The molecule has 0 aliphatic carbocycles. The minimum atomic E-state index is -0.771. The molecule has 0 saturated heterocycles. The molecular formula is C64H112O6. The number of ether oxygens (including phenoxy) is 3. The molecular weight excluding hydrogens is 865 g/mol. The van der Waals surface area contributed by atoms with Crippen molar-refractivity contribution in [2.45, 2.75) is 303 Å². The SMILES string of the molecule is CC/C=C\C/C=C\C/C=C\C/C=C\C/C=C\CCCCCCCCCCCCCCCCCCCCCC(=O)OCC(COC(=O)CCCCCCCCC)OC(=O)CCCCCCC/C=C\CCC. The van der Waals surface area contributed by atoms with Crippen LogP contribution < -0.4 is 0 Å². The van der Waals surface area contributed by atoms with Crippen molar-refractivity contribution in [1.29, 1.82) is 0 Å². The number of hydrogen-bond donors (Lipinski definition) is 0. The van der Waals surface area contributed by atoms with E-state index < -0.39 is 6.10 Å². The van der Waals surface area contributed by atoms with Crippen LogP contribution in [0, 0.1) is 0 Å². The predicted molar refractivity (Wildman–Crippen MR) is 302 cm³/mol. The van der Waals surface area contributed by atoms with Gasteiger partial charge in [-0.2, -0.15) is 0 Å². The molecule has 6 nitrogen and oxygen atoms in total. The van der Waals surface area contributed by atoms with Crippen LogP contribution in [0.15, 0.2) is 72.9 Å². The summed E-state index contributed by atoms with van der Waals surface area (Å²) >= 11 is 0. The molecule has 1 unspecified atom stereocenters. The third-order valence-electron chi connectivity index (χ3n) is 12.9. The highest BCUT2D eigenvalue weighted by Gasteiger charge is 2.19. The summed E-state index contributed by atoms with van der Waals surface area (Å²) in [5.74, 6) is -0.884. The van der Waals surface area contributed by atoms with E-state index in [0.717, 1.165) is 109 Å². The Balaban J connectivity index is 3.89. The molecule has 0 aromatic rings. The van der Waals surface area contributed by atoms with E-state index >= 15 is 0 Å². The highest BCUT2D eigenvalue weighted by molar-refractivity contribution is 5.71. The summed E-state index contributed by atoms with van der Waals surface area (Å²) in [7, 11) is 0. The van der Waals surface area contributed by atoms with Gasteiger partial charge in [0.05, 0.1) is 0 Å². The first-order valence-electron chi connectivity index (χ1n) is 29.9. The van der Waals surface area contributed by atoms with E-state index in [2.05, 4.69) is 93.7 Å². The molecule has 0 spiro atoms. The van der Waals surface area contributed by atoms with E-state index in [1.807, 2.05) is 0 Å². The average Bonchev–Trinajstić information content (AvgIpc) is 3.36. The summed E-state index contributed by atoms with van der Waals surface area (Å²) in [4.78, 5) is 37.8. The Morgan fingerprint density at radius 2 is 0.586 bits per heavy atom. The maximum Gasteiger partial charge on any atom is 0.306 e. The van der Waals surface area contributed by atoms with Gasteiger partial charge < -0.3 is 14.2 Å². The van der Waals surface area contributed by atoms with Crippen molar-refractivity contribution < 1.29 is 28.6 Å². The predicted octanol–water partition coefficient (Wildman–Crippen LogP) is 20.2. The van der Waals surface area contributed by atoms with Crippen LogP contribution in [0.3, 0.4) is 0 Å². The second kappa shape index (κ2) is 58.4. The molecule has 0 aromatic heterocycles. The van der Waals surface area contributed by atoms with Crippen molar-refractivity contribution in [2.75, 3.05) is 13.2 Å².